The molecule has 1 aliphatic rings. The smallest absolute Gasteiger partial charge is 0.244 e. The largest absolute Gasteiger partial charge is 0.368 e. The summed E-state index contributed by atoms with van der Waals surface area (Å²) in [7, 11) is 2.11. The van der Waals surface area contributed by atoms with Crippen LogP contribution in [-0.2, 0) is 64.0 Å². The summed E-state index contributed by atoms with van der Waals surface area (Å²) in [6, 6.07) is 13.8. The van der Waals surface area contributed by atoms with E-state index in [-0.39, 0.29) is 43.6 Å². The van der Waals surface area contributed by atoms with E-state index in [1.54, 1.807) is 86.9 Å². The molecule has 2 aromatic heterocycles. The summed E-state index contributed by atoms with van der Waals surface area (Å²) in [4.78, 5) is 122. The summed E-state index contributed by atoms with van der Waals surface area (Å²) < 4.78 is 0. The number of aromatic amines is 1. The number of carbonyl (C=O) groups excluding carboxylic acids is 8. The molecule has 78 heavy (non-hydrogen) atoms. The number of fused-ring (bicyclic) bond motifs is 1. The molecule has 3 heterocycles. The summed E-state index contributed by atoms with van der Waals surface area (Å²) in [5.74, 6) is -7.04. The molecule has 1 fully saturated rings. The van der Waals surface area contributed by atoms with E-state index >= 15 is 0 Å². The molecule has 4 unspecified atom stereocenters. The third-order valence-electron chi connectivity index (χ3n) is 12.9. The molecule has 8 atom stereocenters. The lowest BCUT2D eigenvalue weighted by atomic mass is 10.00. The van der Waals surface area contributed by atoms with E-state index in [9.17, 15) is 38.4 Å². The average Bonchev–Trinajstić information content (AvgIpc) is 3.88. The Bertz CT molecular complexity index is 2870. The molecular formula is C54H66Cl2N12O8S2. The topological polar surface area (TPSA) is 328 Å². The van der Waals surface area contributed by atoms with Crippen molar-refractivity contribution in [3.63, 3.8) is 0 Å². The van der Waals surface area contributed by atoms with Crippen molar-refractivity contribution in [2.45, 2.75) is 107 Å². The predicted molar refractivity (Wildman–Crippen MR) is 304 cm³/mol. The van der Waals surface area contributed by atoms with Gasteiger partial charge in [-0.15, -0.1) is 0 Å². The third kappa shape index (κ3) is 18.2. The quantitative estimate of drug-likeness (QED) is 0.0445. The monoisotopic (exact) mass is 1140 g/mol. The van der Waals surface area contributed by atoms with Gasteiger partial charge in [0.05, 0.1) is 6.04 Å². The van der Waals surface area contributed by atoms with Crippen molar-refractivity contribution in [2.24, 2.45) is 23.1 Å². The third-order valence-corrected chi connectivity index (χ3v) is 15.8. The number of H-pyrrole nitrogens is 1. The molecule has 24 heteroatoms. The molecule has 1 saturated heterocycles. The van der Waals surface area contributed by atoms with Gasteiger partial charge in [-0.25, -0.2) is 0 Å². The zero-order valence-electron chi connectivity index (χ0n) is 43.1. The average molecular weight is 1150 g/mol. The van der Waals surface area contributed by atoms with Crippen LogP contribution >= 0.6 is 44.8 Å². The van der Waals surface area contributed by atoms with Crippen molar-refractivity contribution in [3.05, 3.63) is 136 Å². The molecule has 0 radical (unpaired) electrons. The van der Waals surface area contributed by atoms with Gasteiger partial charge in [0.15, 0.2) is 0 Å². The summed E-state index contributed by atoms with van der Waals surface area (Å²) >= 11 is 12.2. The Balaban J connectivity index is 1.38. The SMILES string of the molecule is CC(C)C1NC(=O)[C@H](CCCCN)NC(=O)C(Cc2c[nH]c3ccccc23)NC(=O)[C@H](Cc2cccnc2)NC(=O)C(NC(=O)[C@@H](N)Cc2ccc(Cl)cc2)CSSCC(C(=O)N[C@@H](Cc2ccc(Cl)cc2)C(N)=O)NC1=O. The number of amides is 8. The fraction of sp³-hybridized carbons (Fsp3) is 0.389. The zero-order chi connectivity index (χ0) is 56.3. The van der Waals surface area contributed by atoms with Crippen LogP contribution in [0.4, 0.5) is 0 Å². The normalized spacial score (nSPS) is 21.0. The number of para-hydroxylation sites is 1. The van der Waals surface area contributed by atoms with Crippen LogP contribution in [0.15, 0.2) is 104 Å². The highest BCUT2D eigenvalue weighted by molar-refractivity contribution is 8.76. The van der Waals surface area contributed by atoms with Gasteiger partial charge in [0.1, 0.15) is 42.3 Å². The lowest BCUT2D eigenvalue weighted by Crippen LogP contribution is -2.61. The van der Waals surface area contributed by atoms with E-state index < -0.39 is 102 Å². The van der Waals surface area contributed by atoms with Gasteiger partial charge in [0.25, 0.3) is 0 Å². The van der Waals surface area contributed by atoms with E-state index in [2.05, 4.69) is 47.2 Å². The van der Waals surface area contributed by atoms with Crippen LogP contribution in [0.2, 0.25) is 10.0 Å². The maximum absolute atomic E-state index is 14.8. The Hall–Kier alpha value is -6.69. The molecule has 1 aliphatic heterocycles. The number of benzene rings is 3. The number of unbranched alkanes of at least 4 members (excludes halogenated alkanes) is 1. The second-order valence-electron chi connectivity index (χ2n) is 19.2. The highest BCUT2D eigenvalue weighted by Gasteiger charge is 2.36. The van der Waals surface area contributed by atoms with E-state index in [0.717, 1.165) is 32.5 Å². The Labute approximate surface area is 470 Å². The van der Waals surface area contributed by atoms with Gasteiger partial charge in [-0.1, -0.05) is 107 Å². The molecule has 20 nitrogen and oxygen atoms in total. The molecular weight excluding hydrogens is 1080 g/mol. The Morgan fingerprint density at radius 2 is 1.32 bits per heavy atom. The van der Waals surface area contributed by atoms with E-state index in [0.29, 0.717) is 51.7 Å². The van der Waals surface area contributed by atoms with Crippen LogP contribution in [-0.4, -0.2) is 124 Å². The highest BCUT2D eigenvalue weighted by atomic mass is 35.5. The standard InChI is InChI=1S/C54H66Cl2N12O8S2/c1-30(2)46-54(76)67-45(52(74)63-41(47(59)69)23-32-14-18-36(56)19-15-32)29-78-77-28-44(66-48(70)38(58)22-31-12-16-35(55)17-13-31)53(75)64-42(24-33-8-7-21-60-26-33)50(72)65-43(25-34-27-61-39-10-4-3-9-37(34)39)51(73)62-40(49(71)68-46)11-5-6-20-57/h3-4,7-10,12-19,21,26-27,30,38,40-46,61H,5-6,11,20,22-25,28-29,57-58H2,1-2H3,(H2,59,69)(H,62,73)(H,63,74)(H,64,75)(H,65,72)(H,66,70)(H,67,76)(H,68,71)/t38-,40-,41-,42-,43?,44?,45?,46?/m0/s1. The summed E-state index contributed by atoms with van der Waals surface area (Å²) in [6.45, 7) is 3.67. The Morgan fingerprint density at radius 1 is 0.705 bits per heavy atom. The van der Waals surface area contributed by atoms with Crippen molar-refractivity contribution in [3.8, 4) is 0 Å². The van der Waals surface area contributed by atoms with Crippen LogP contribution in [0.5, 0.6) is 0 Å². The van der Waals surface area contributed by atoms with Crippen molar-refractivity contribution in [1.29, 1.82) is 0 Å². The number of halogens is 2. The van der Waals surface area contributed by atoms with Gasteiger partial charge >= 0.3 is 0 Å². The van der Waals surface area contributed by atoms with Crippen molar-refractivity contribution in [2.75, 3.05) is 18.1 Å². The first-order valence-corrected chi connectivity index (χ1v) is 28.7. The second kappa shape index (κ2) is 29.9. The molecule has 0 aliphatic carbocycles. The predicted octanol–water partition coefficient (Wildman–Crippen LogP) is 2.53. The van der Waals surface area contributed by atoms with Crippen LogP contribution in [0, 0.1) is 5.92 Å². The van der Waals surface area contributed by atoms with Crippen LogP contribution < -0.4 is 54.4 Å². The van der Waals surface area contributed by atoms with Crippen molar-refractivity contribution < 1.29 is 38.4 Å². The number of nitrogens with one attached hydrogen (secondary N) is 8. The molecule has 8 amide bonds. The highest BCUT2D eigenvalue weighted by Crippen LogP contribution is 2.25. The number of hydrogen-bond acceptors (Lipinski definition) is 13. The number of nitrogens with two attached hydrogens (primary N) is 3. The molecule has 0 saturated carbocycles. The van der Waals surface area contributed by atoms with Crippen LogP contribution in [0.3, 0.4) is 0 Å². The number of aromatic nitrogens is 2. The van der Waals surface area contributed by atoms with Crippen molar-refractivity contribution in [1.82, 2.24) is 47.2 Å². The van der Waals surface area contributed by atoms with E-state index in [1.165, 1.54) is 6.20 Å². The minimum Gasteiger partial charge on any atom is -0.368 e. The van der Waals surface area contributed by atoms with E-state index in [4.69, 9.17) is 40.4 Å². The van der Waals surface area contributed by atoms with Crippen molar-refractivity contribution >= 4 is 103 Å². The molecule has 0 spiro atoms. The van der Waals surface area contributed by atoms with Crippen LogP contribution in [0.1, 0.15) is 55.4 Å². The lowest BCUT2D eigenvalue weighted by Gasteiger charge is -2.29. The molecule has 14 N–H and O–H groups in total. The number of nitrogens with zero attached hydrogens (tertiary/aromatic N) is 1. The first-order valence-electron chi connectivity index (χ1n) is 25.4. The minimum atomic E-state index is -1.38. The Morgan fingerprint density at radius 3 is 1.96 bits per heavy atom. The first kappa shape index (κ1) is 60.5. The molecule has 416 valence electrons. The van der Waals surface area contributed by atoms with E-state index in [1.807, 2.05) is 24.3 Å². The zero-order valence-corrected chi connectivity index (χ0v) is 46.2. The Kier molecular flexibility index (Phi) is 23.2. The number of primary amides is 1. The number of rotatable bonds is 18. The fourth-order valence-corrected chi connectivity index (χ4v) is 11.1. The van der Waals surface area contributed by atoms with Gasteiger partial charge in [-0.05, 0) is 96.8 Å². The summed E-state index contributed by atoms with van der Waals surface area (Å²) in [5.41, 5.74) is 21.4. The number of pyridine rings is 1. The maximum Gasteiger partial charge on any atom is 0.244 e. The van der Waals surface area contributed by atoms with Gasteiger partial charge in [0.2, 0.25) is 47.3 Å². The second-order valence-corrected chi connectivity index (χ2v) is 22.7. The molecule has 3 aromatic carbocycles. The molecule has 5 aromatic rings. The van der Waals surface area contributed by atoms with Gasteiger partial charge < -0.3 is 59.4 Å². The van der Waals surface area contributed by atoms with Crippen LogP contribution in [0.25, 0.3) is 10.9 Å². The molecule has 0 bridgehead atoms. The minimum absolute atomic E-state index is 0.0121. The van der Waals surface area contributed by atoms with Gasteiger partial charge in [0, 0.05) is 70.3 Å². The summed E-state index contributed by atoms with van der Waals surface area (Å²) in [5, 5.41) is 21.2. The molecule has 6 rings (SSSR count). The number of carbonyl (C=O) groups is 8. The van der Waals surface area contributed by atoms with Gasteiger partial charge in [-0.3, -0.25) is 43.3 Å². The lowest BCUT2D eigenvalue weighted by molar-refractivity contribution is -0.136. The summed E-state index contributed by atoms with van der Waals surface area (Å²) in [6.07, 6.45) is 5.66. The fourth-order valence-electron chi connectivity index (χ4n) is 8.52. The van der Waals surface area contributed by atoms with Gasteiger partial charge in [-0.2, -0.15) is 0 Å². The number of hydrogen-bond donors (Lipinski definition) is 11. The first-order chi connectivity index (χ1) is 37.4. The maximum atomic E-state index is 14.8.